The number of amides is 1. The van der Waals surface area contributed by atoms with Crippen molar-refractivity contribution in [2.24, 2.45) is 17.6 Å². The van der Waals surface area contributed by atoms with Crippen LogP contribution < -0.4 is 10.6 Å². The Labute approximate surface area is 210 Å². The van der Waals surface area contributed by atoms with Crippen LogP contribution in [0.25, 0.3) is 22.4 Å². The van der Waals surface area contributed by atoms with Crippen LogP contribution in [0, 0.1) is 11.8 Å². The van der Waals surface area contributed by atoms with Crippen molar-refractivity contribution < 1.29 is 13.2 Å². The minimum absolute atomic E-state index is 0.153. The third-order valence-electron chi connectivity index (χ3n) is 7.21. The summed E-state index contributed by atoms with van der Waals surface area (Å²) in [5.41, 5.74) is 9.22. The van der Waals surface area contributed by atoms with E-state index in [1.54, 1.807) is 16.7 Å². The number of nitrogens with two attached hydrogens (primary N) is 1. The molecule has 2 saturated heterocycles. The Hall–Kier alpha value is -3.12. The molecule has 0 bridgehead atoms. The van der Waals surface area contributed by atoms with Crippen molar-refractivity contribution in [1.29, 1.82) is 0 Å². The van der Waals surface area contributed by atoms with Crippen LogP contribution in [-0.2, 0) is 21.2 Å². The summed E-state index contributed by atoms with van der Waals surface area (Å²) in [4.78, 5) is 35.4. The second kappa shape index (κ2) is 10.1. The average molecular weight is 513 g/mol. The summed E-state index contributed by atoms with van der Waals surface area (Å²) in [5.74, 6) is 0.843. The molecule has 36 heavy (non-hydrogen) atoms. The summed E-state index contributed by atoms with van der Waals surface area (Å²) >= 11 is 0. The van der Waals surface area contributed by atoms with E-state index in [4.69, 9.17) is 15.7 Å². The first-order valence-corrected chi connectivity index (χ1v) is 14.3. The molecule has 0 aliphatic carbocycles. The van der Waals surface area contributed by atoms with E-state index in [1.165, 1.54) is 6.26 Å². The van der Waals surface area contributed by atoms with Gasteiger partial charge in [0.25, 0.3) is 0 Å². The predicted octanol–water partition coefficient (Wildman–Crippen LogP) is 1.72. The van der Waals surface area contributed by atoms with E-state index >= 15 is 0 Å². The largest absolute Gasteiger partial charge is 0.370 e. The highest BCUT2D eigenvalue weighted by Crippen LogP contribution is 2.30. The lowest BCUT2D eigenvalue weighted by atomic mass is 9.92. The van der Waals surface area contributed by atoms with Crippen molar-refractivity contribution >= 4 is 33.0 Å². The predicted molar refractivity (Wildman–Crippen MR) is 137 cm³/mol. The molecule has 1 amide bonds. The highest BCUT2D eigenvalue weighted by Gasteiger charge is 2.28. The number of aromatic nitrogens is 5. The van der Waals surface area contributed by atoms with E-state index in [-0.39, 0.29) is 11.8 Å². The number of H-pyrrole nitrogens is 1. The molecule has 3 aromatic heterocycles. The monoisotopic (exact) mass is 512 g/mol. The first-order valence-electron chi connectivity index (χ1n) is 12.4. The molecule has 0 saturated carbocycles. The number of piperidine rings is 2. The minimum atomic E-state index is -3.24. The third kappa shape index (κ3) is 5.49. The van der Waals surface area contributed by atoms with Crippen molar-refractivity contribution in [2.45, 2.75) is 38.5 Å². The quantitative estimate of drug-likeness (QED) is 0.486. The maximum atomic E-state index is 12.2. The summed E-state index contributed by atoms with van der Waals surface area (Å²) in [6.07, 6.45) is 11.1. The van der Waals surface area contributed by atoms with Crippen molar-refractivity contribution in [1.82, 2.24) is 29.2 Å². The van der Waals surface area contributed by atoms with E-state index in [9.17, 15) is 13.2 Å². The van der Waals surface area contributed by atoms with Gasteiger partial charge in [-0.2, -0.15) is 0 Å². The number of aromatic amines is 1. The SMILES string of the molecule is CS(=O)(=O)N1CCC[C@H](Cc2nc(N3CCC(CC(N)=O)CC3)ncc2-c2cnc3[nH]ccc3n2)C1. The number of hydrogen-bond acceptors (Lipinski definition) is 8. The molecule has 12 heteroatoms. The number of anilines is 1. The Kier molecular flexibility index (Phi) is 6.89. The van der Waals surface area contributed by atoms with Gasteiger partial charge in [0.05, 0.1) is 23.8 Å². The molecule has 11 nitrogen and oxygen atoms in total. The summed E-state index contributed by atoms with van der Waals surface area (Å²) in [6.45, 7) is 2.57. The number of nitrogens with one attached hydrogen (secondary N) is 1. The van der Waals surface area contributed by atoms with E-state index in [0.29, 0.717) is 49.1 Å². The van der Waals surface area contributed by atoms with E-state index in [0.717, 1.165) is 55.5 Å². The van der Waals surface area contributed by atoms with Crippen LogP contribution in [0.3, 0.4) is 0 Å². The Morgan fingerprint density at radius 1 is 1.11 bits per heavy atom. The fraction of sp³-hybridized carbons (Fsp3) is 0.542. The van der Waals surface area contributed by atoms with Crippen molar-refractivity contribution in [3.63, 3.8) is 0 Å². The van der Waals surface area contributed by atoms with Crippen molar-refractivity contribution in [3.05, 3.63) is 30.4 Å². The molecule has 2 fully saturated rings. The Bertz CT molecular complexity index is 1350. The zero-order valence-electron chi connectivity index (χ0n) is 20.4. The Balaban J connectivity index is 1.43. The maximum absolute atomic E-state index is 12.2. The molecular weight excluding hydrogens is 480 g/mol. The van der Waals surface area contributed by atoms with Gasteiger partial charge in [-0.15, -0.1) is 0 Å². The zero-order chi connectivity index (χ0) is 25.3. The Morgan fingerprint density at radius 3 is 2.67 bits per heavy atom. The fourth-order valence-electron chi connectivity index (χ4n) is 5.28. The lowest BCUT2D eigenvalue weighted by Crippen LogP contribution is -2.40. The van der Waals surface area contributed by atoms with E-state index in [2.05, 4.69) is 19.9 Å². The van der Waals surface area contributed by atoms with Gasteiger partial charge in [-0.3, -0.25) is 4.79 Å². The lowest BCUT2D eigenvalue weighted by molar-refractivity contribution is -0.119. The van der Waals surface area contributed by atoms with Crippen molar-refractivity contribution in [2.75, 3.05) is 37.3 Å². The fourth-order valence-corrected chi connectivity index (χ4v) is 6.22. The van der Waals surface area contributed by atoms with Crippen LogP contribution in [0.15, 0.2) is 24.7 Å². The molecule has 0 radical (unpaired) electrons. The van der Waals surface area contributed by atoms with Crippen LogP contribution in [0.2, 0.25) is 0 Å². The highest BCUT2D eigenvalue weighted by atomic mass is 32.2. The summed E-state index contributed by atoms with van der Waals surface area (Å²) < 4.78 is 25.9. The minimum Gasteiger partial charge on any atom is -0.370 e. The number of hydrogen-bond donors (Lipinski definition) is 2. The number of nitrogens with zero attached hydrogens (tertiary/aromatic N) is 6. The molecule has 0 spiro atoms. The topological polar surface area (TPSA) is 151 Å². The Morgan fingerprint density at radius 2 is 1.92 bits per heavy atom. The molecule has 2 aliphatic heterocycles. The number of rotatable bonds is 7. The normalized spacial score (nSPS) is 20.1. The first-order chi connectivity index (χ1) is 17.3. The second-order valence-electron chi connectivity index (χ2n) is 9.93. The molecule has 0 aromatic carbocycles. The van der Waals surface area contributed by atoms with Crippen molar-refractivity contribution in [3.8, 4) is 11.3 Å². The lowest BCUT2D eigenvalue weighted by Gasteiger charge is -2.33. The standard InChI is InChI=1S/C24H32N8O3S/c1-36(34,35)32-8-2-3-17(15-32)11-20-18(21-14-27-23-19(29-21)4-7-26-23)13-28-24(30-20)31-9-5-16(6-10-31)12-22(25)33/h4,7,13-14,16-17H,2-3,5-6,8-12,15H2,1H3,(H2,25,33)(H,26,27)/t17-/m1/s1. The van der Waals surface area contributed by atoms with Crippen LogP contribution in [0.4, 0.5) is 5.95 Å². The molecule has 3 aromatic rings. The van der Waals surface area contributed by atoms with Gasteiger partial charge in [-0.25, -0.2) is 32.7 Å². The van der Waals surface area contributed by atoms with Gasteiger partial charge in [0.2, 0.25) is 21.9 Å². The number of sulfonamides is 1. The summed E-state index contributed by atoms with van der Waals surface area (Å²) in [7, 11) is -3.24. The van der Waals surface area contributed by atoms with Gasteiger partial charge in [0.1, 0.15) is 5.52 Å². The molecule has 1 atom stereocenters. The summed E-state index contributed by atoms with van der Waals surface area (Å²) in [6, 6.07) is 1.88. The van der Waals surface area contributed by atoms with Crippen LogP contribution in [0.5, 0.6) is 0 Å². The number of carbonyl (C=O) groups is 1. The van der Waals surface area contributed by atoms with Gasteiger partial charge in [-0.1, -0.05) is 0 Å². The number of fused-ring (bicyclic) bond motifs is 1. The van der Waals surface area contributed by atoms with Gasteiger partial charge >= 0.3 is 0 Å². The second-order valence-corrected chi connectivity index (χ2v) is 11.9. The molecule has 3 N–H and O–H groups in total. The highest BCUT2D eigenvalue weighted by molar-refractivity contribution is 7.88. The van der Waals surface area contributed by atoms with E-state index < -0.39 is 10.0 Å². The molecular formula is C24H32N8O3S. The zero-order valence-corrected chi connectivity index (χ0v) is 21.2. The molecule has 2 aliphatic rings. The van der Waals surface area contributed by atoms with Gasteiger partial charge in [0, 0.05) is 50.6 Å². The molecule has 5 rings (SSSR count). The maximum Gasteiger partial charge on any atom is 0.225 e. The van der Waals surface area contributed by atoms with Crippen LogP contribution >= 0.6 is 0 Å². The third-order valence-corrected chi connectivity index (χ3v) is 8.48. The van der Waals surface area contributed by atoms with E-state index in [1.807, 2.05) is 12.3 Å². The average Bonchev–Trinajstić information content (AvgIpc) is 3.32. The smallest absolute Gasteiger partial charge is 0.225 e. The van der Waals surface area contributed by atoms with Gasteiger partial charge < -0.3 is 15.6 Å². The molecule has 192 valence electrons. The summed E-state index contributed by atoms with van der Waals surface area (Å²) in [5, 5.41) is 0. The van der Waals surface area contributed by atoms with Gasteiger partial charge in [0.15, 0.2) is 5.65 Å². The first kappa shape index (κ1) is 24.6. The number of primary amides is 1. The van der Waals surface area contributed by atoms with Crippen LogP contribution in [0.1, 0.15) is 37.8 Å². The molecule has 5 heterocycles. The van der Waals surface area contributed by atoms with Crippen LogP contribution in [-0.4, -0.2) is 76.0 Å². The molecule has 0 unspecified atom stereocenters. The van der Waals surface area contributed by atoms with Gasteiger partial charge in [-0.05, 0) is 50.0 Å². The number of carbonyl (C=O) groups excluding carboxylic acids is 1.